The Morgan fingerprint density at radius 3 is 0.957 bits per heavy atom. The van der Waals surface area contributed by atoms with Crippen LogP contribution in [-0.2, 0) is 56.4 Å². The van der Waals surface area contributed by atoms with Crippen molar-refractivity contribution in [3.63, 3.8) is 0 Å². The number of hydrogen-bond acceptors (Lipinski definition) is 40. The molecule has 15 heterocycles. The highest BCUT2D eigenvalue weighted by Gasteiger charge is 2.49. The summed E-state index contributed by atoms with van der Waals surface area (Å²) in [6.45, 7) is -2.25. The molecule has 50 nitrogen and oxygen atoms in total. The van der Waals surface area contributed by atoms with Crippen LogP contribution >= 0.6 is 0 Å². The van der Waals surface area contributed by atoms with E-state index in [4.69, 9.17) is 46.3 Å². The molecule has 5 saturated heterocycles. The molecule has 15 N–H and O–H groups in total. The topological polar surface area (TPSA) is 700 Å². The molecule has 740 valence electrons. The van der Waals surface area contributed by atoms with E-state index in [-0.39, 0.29) is 77.6 Å². The van der Waals surface area contributed by atoms with Crippen molar-refractivity contribution in [1.82, 2.24) is 71.5 Å². The Hall–Kier alpha value is -14.2. The monoisotopic (exact) mass is 1960 g/mol. The number of aryl methyl sites for hydroxylation is 1. The first-order valence-electron chi connectivity index (χ1n) is 42.3. The van der Waals surface area contributed by atoms with Gasteiger partial charge in [0.25, 0.3) is 27.8 Å². The minimum Gasteiger partial charge on any atom is -0.394 e. The van der Waals surface area contributed by atoms with Crippen LogP contribution in [0.3, 0.4) is 0 Å². The van der Waals surface area contributed by atoms with Gasteiger partial charge in [0.2, 0.25) is 5.58 Å². The lowest BCUT2D eigenvalue weighted by molar-refractivity contribution is -0.0555. The van der Waals surface area contributed by atoms with E-state index in [2.05, 4.69) is 25.8 Å². The molecule has 20 atom stereocenters. The molecule has 0 aliphatic carbocycles. The summed E-state index contributed by atoms with van der Waals surface area (Å²) in [4.78, 5) is 125. The number of ether oxygens (including phenoxy) is 5. The Bertz CT molecular complexity index is 7480. The van der Waals surface area contributed by atoms with Crippen LogP contribution in [0, 0.1) is 30.2 Å². The van der Waals surface area contributed by atoms with Crippen molar-refractivity contribution in [2.75, 3.05) is 33.0 Å². The van der Waals surface area contributed by atoms with Gasteiger partial charge in [0, 0.05) is 88.9 Å². The zero-order chi connectivity index (χ0) is 100.0. The van der Waals surface area contributed by atoms with Gasteiger partial charge in [-0.25, -0.2) is 41.5 Å². The van der Waals surface area contributed by atoms with E-state index >= 15 is 0 Å². The Kier molecular flexibility index (Phi) is 29.0. The van der Waals surface area contributed by atoms with Gasteiger partial charge < -0.3 is 123 Å². The molecule has 0 bridgehead atoms. The molecule has 0 saturated carbocycles. The summed E-state index contributed by atoms with van der Waals surface area (Å²) in [5, 5.41) is 167. The van der Waals surface area contributed by atoms with Crippen LogP contribution in [0.2, 0.25) is 0 Å². The molecule has 140 heavy (non-hydrogen) atoms. The first-order chi connectivity index (χ1) is 67.1. The highest BCUT2D eigenvalue weighted by Crippen LogP contribution is 2.35. The van der Waals surface area contributed by atoms with Gasteiger partial charge in [0.05, 0.1) is 71.1 Å². The van der Waals surface area contributed by atoms with Gasteiger partial charge >= 0.3 is 28.4 Å². The van der Waals surface area contributed by atoms with Crippen LogP contribution in [0.25, 0.3) is 54.8 Å². The molecule has 5 aromatic carbocycles. The third-order valence-corrected chi connectivity index (χ3v) is 23.8. The van der Waals surface area contributed by atoms with E-state index in [1.165, 1.54) is 66.9 Å². The van der Waals surface area contributed by atoms with E-state index in [1.807, 2.05) is 19.1 Å². The zero-order valence-corrected chi connectivity index (χ0v) is 72.1. The van der Waals surface area contributed by atoms with Gasteiger partial charge in [-0.15, -0.1) is 0 Å². The molecule has 15 aromatic rings. The fourth-order valence-corrected chi connectivity index (χ4v) is 16.4. The molecule has 5 unspecified atom stereocenters. The van der Waals surface area contributed by atoms with Gasteiger partial charge in [-0.3, -0.25) is 69.6 Å². The summed E-state index contributed by atoms with van der Waals surface area (Å²) >= 11 is 0. The fourth-order valence-electron chi connectivity index (χ4n) is 16.4. The molecular formula is C86H83F4N15O35. The minimum absolute atomic E-state index is 0.0474. The molecular weight excluding hydrogens is 1880 g/mol. The number of rotatable bonds is 20. The van der Waals surface area contributed by atoms with Crippen LogP contribution in [0.1, 0.15) is 65.2 Å². The molecule has 54 heteroatoms. The first kappa shape index (κ1) is 98.8. The van der Waals surface area contributed by atoms with E-state index < -0.39 is 235 Å². The fraction of sp³-hybridized carbons (Fsp3) is 0.360. The van der Waals surface area contributed by atoms with Crippen LogP contribution < -0.4 is 56.2 Å². The third kappa shape index (κ3) is 18.9. The number of nitrogens with zero attached hydrogens (tertiary/aromatic N) is 15. The molecule has 5 aliphatic heterocycles. The SMILES string of the molecule is Cc1cccc2onc(Cn3c(=O)ccn([C@@H]4O[C@H](CO)[C@H](O)C4O)c3=O)c12.O=c1ccn([C@@H]2O[C@H](CO)[C@H](O)C2O)c(=O)n1Cc1noc2c(F)cccc12.O=c1ccn([C@@H]2O[C@H](CO)[C@H](O)C2O)c(=O)n1Cc1noc2cc(F)ccc12.O=c1ccn([C@@H]2O[C@H](CO)[C@H](O)C2O)c(=O)n1Cc1noc2ccc(F)cc12.O=c1ccn([C@@H]2O[C@H](CO)[C@H](O)C2O)c(=O)n1Cc1noc2cccc(F)c12. The van der Waals surface area contributed by atoms with Gasteiger partial charge in [0.15, 0.2) is 59.3 Å². The lowest BCUT2D eigenvalue weighted by Crippen LogP contribution is -2.43. The van der Waals surface area contributed by atoms with Crippen molar-refractivity contribution in [3.8, 4) is 0 Å². The van der Waals surface area contributed by atoms with Crippen molar-refractivity contribution in [2.45, 2.75) is 162 Å². The highest BCUT2D eigenvalue weighted by atomic mass is 19.1. The van der Waals surface area contributed by atoms with E-state index in [9.17, 15) is 142 Å². The van der Waals surface area contributed by atoms with Crippen LogP contribution in [0.5, 0.6) is 0 Å². The van der Waals surface area contributed by atoms with Crippen molar-refractivity contribution in [2.24, 2.45) is 0 Å². The first-order valence-corrected chi connectivity index (χ1v) is 42.3. The maximum atomic E-state index is 14.1. The van der Waals surface area contributed by atoms with E-state index in [0.717, 1.165) is 118 Å². The number of benzene rings is 5. The summed E-state index contributed by atoms with van der Waals surface area (Å²) in [6, 6.07) is 26.8. The summed E-state index contributed by atoms with van der Waals surface area (Å²) < 4.78 is 116. The molecule has 20 rings (SSSR count). The number of halogens is 4. The second-order valence-corrected chi connectivity index (χ2v) is 32.4. The average molecular weight is 1960 g/mol. The Morgan fingerprint density at radius 2 is 0.579 bits per heavy atom. The Balaban J connectivity index is 0.000000126. The lowest BCUT2D eigenvalue weighted by atomic mass is 10.1. The summed E-state index contributed by atoms with van der Waals surface area (Å²) in [6.07, 6.45) is -20.4. The maximum Gasteiger partial charge on any atom is 0.333 e. The average Bonchev–Trinajstić information content (AvgIpc) is 1.63. The van der Waals surface area contributed by atoms with Crippen LogP contribution in [0.4, 0.5) is 17.6 Å². The van der Waals surface area contributed by atoms with Gasteiger partial charge in [-0.2, -0.15) is 0 Å². The predicted molar refractivity (Wildman–Crippen MR) is 460 cm³/mol. The number of fused-ring (bicyclic) bond motifs is 5. The Labute approximate surface area is 773 Å². The smallest absolute Gasteiger partial charge is 0.333 e. The highest BCUT2D eigenvalue weighted by molar-refractivity contribution is 5.84. The van der Waals surface area contributed by atoms with Gasteiger partial charge in [0.1, 0.15) is 137 Å². The number of hydrogen-bond donors (Lipinski definition) is 15. The zero-order valence-electron chi connectivity index (χ0n) is 72.1. The van der Waals surface area contributed by atoms with Crippen molar-refractivity contribution >= 4 is 54.8 Å². The predicted octanol–water partition coefficient (Wildman–Crippen LogP) is -5.08. The summed E-state index contributed by atoms with van der Waals surface area (Å²) in [5.74, 6) is -2.28. The number of para-hydroxylation sites is 1. The third-order valence-electron chi connectivity index (χ3n) is 23.8. The molecule has 0 radical (unpaired) electrons. The second-order valence-electron chi connectivity index (χ2n) is 32.4. The number of aromatic nitrogens is 15. The van der Waals surface area contributed by atoms with Gasteiger partial charge in [-0.05, 0) is 73.2 Å². The quantitative estimate of drug-likeness (QED) is 0.0318. The molecule has 5 fully saturated rings. The van der Waals surface area contributed by atoms with Crippen LogP contribution in [0.15, 0.2) is 223 Å². The molecule has 0 amide bonds. The molecule has 0 spiro atoms. The second kappa shape index (κ2) is 41.1. The summed E-state index contributed by atoms with van der Waals surface area (Å²) in [7, 11) is 0. The van der Waals surface area contributed by atoms with Gasteiger partial charge in [-0.1, -0.05) is 50.0 Å². The van der Waals surface area contributed by atoms with Crippen molar-refractivity contribution < 1.29 is 140 Å². The largest absolute Gasteiger partial charge is 0.394 e. The summed E-state index contributed by atoms with van der Waals surface area (Å²) in [5.41, 5.74) is -4.24. The van der Waals surface area contributed by atoms with Crippen molar-refractivity contribution in [3.05, 3.63) is 314 Å². The van der Waals surface area contributed by atoms with E-state index in [1.54, 1.807) is 12.1 Å². The minimum atomic E-state index is -1.49. The molecule has 5 aliphatic rings. The maximum absolute atomic E-state index is 14.1. The molecule has 10 aromatic heterocycles. The normalized spacial score (nSPS) is 24.9. The van der Waals surface area contributed by atoms with E-state index in [0.29, 0.717) is 33.0 Å². The van der Waals surface area contributed by atoms with Crippen molar-refractivity contribution in [1.29, 1.82) is 0 Å². The standard InChI is InChI=1S/C18H19N3O7.4C17H16FN3O7/c1-9-3-2-4-11-14(9)10(19-28-11)7-21-13(23)5-6-20(18(21)26)17-16(25)15(24)12(8-22)27-17;18-8-1-2-11-9(5-8)10(19-28-11)6-21-13(23)3-4-20(17(21)26)16-15(25)14(24)12(7-22)27-16;18-8-1-2-9-10(19-28-11(9)5-8)6-21-13(23)3-4-20(17(21)26)16-15(25)14(24)12(7-22)27-16;18-8-2-1-3-10-13(8)9(19-28-10)6-21-12(23)4-5-20(17(21)26)16-15(25)14(24)11(7-22)27-16;18-9-3-1-2-8-10(19-28-15(8)9)6-21-12(23)4-5-20(17(21)26)16-14(25)13(24)11(7-22)27-16/h2-6,12,15-17,22,24-25H,7-8H2,1H3;2*1-5,12,14-16,22,24-25H,6-7H2;1-5,11,14-16,22,24-25H,6-7H2;1-5,11,13-14,16,22,24-25H,6-7H2/t12-,15+,16?,17-;2*12-,14+,15?,16-;11-,14+,15?,16-;11-,13+,14?,16-/m11111/s1. The Morgan fingerprint density at radius 1 is 0.286 bits per heavy atom. The number of aliphatic hydroxyl groups excluding tert-OH is 15. The lowest BCUT2D eigenvalue weighted by Gasteiger charge is -2.18. The van der Waals surface area contributed by atoms with Crippen LogP contribution in [-0.4, -0.2) is 273 Å². The number of aliphatic hydroxyl groups is 15.